The molecule has 77 heavy (non-hydrogen) atoms. The molecule has 0 aliphatic carbocycles. The Morgan fingerprint density at radius 1 is 0.779 bits per heavy atom. The van der Waals surface area contributed by atoms with Gasteiger partial charge in [-0.15, -0.1) is 0 Å². The van der Waals surface area contributed by atoms with Gasteiger partial charge < -0.3 is 62.1 Å². The van der Waals surface area contributed by atoms with Crippen LogP contribution in [0.2, 0.25) is 0 Å². The largest absolute Gasteiger partial charge is 0.481 e. The average Bonchev–Trinajstić information content (AvgIpc) is 3.73. The lowest BCUT2D eigenvalue weighted by molar-refractivity contribution is -0.139. The Balaban J connectivity index is 1.21. The van der Waals surface area contributed by atoms with Crippen LogP contribution in [0.5, 0.6) is 0 Å². The maximum Gasteiger partial charge on any atom is 0.303 e. The molecular weight excluding hydrogens is 1060 g/mol. The maximum atomic E-state index is 13.9. The van der Waals surface area contributed by atoms with Crippen LogP contribution in [0.4, 0.5) is 14.5 Å². The second kappa shape index (κ2) is 29.8. The number of carbonyl (C=O) groups is 11. The Morgan fingerprint density at radius 3 is 1.96 bits per heavy atom. The SMILES string of the molecule is CC(=O)N[C@@H](CCC(=O)O)C(=O)N[C@@H](CS)C(=O)NCC(=O)N[C@@H](CS)C(=O)N[C@@H](CCC(=O)O)C(=O)NCC(=O)N1CCN(CCCN(C)c2ccc3nccc(C(=O)NCC(=O)N4CC(F)(F)C[C@H]4C#N)c3c2)CC1. The van der Waals surface area contributed by atoms with Crippen LogP contribution < -0.4 is 42.1 Å². The lowest BCUT2D eigenvalue weighted by atomic mass is 10.1. The topological polar surface area (TPSA) is 362 Å². The number of piperazine rings is 1. The number of nitrogens with one attached hydrogen (secondary N) is 7. The van der Waals surface area contributed by atoms with E-state index in [1.165, 1.54) is 12.3 Å². The molecule has 0 bridgehead atoms. The molecule has 9 N–H and O–H groups in total. The van der Waals surface area contributed by atoms with Crippen molar-refractivity contribution >= 4 is 107 Å². The molecule has 420 valence electrons. The fourth-order valence-electron chi connectivity index (χ4n) is 8.18. The highest BCUT2D eigenvalue weighted by Gasteiger charge is 2.47. The summed E-state index contributed by atoms with van der Waals surface area (Å²) in [6.07, 6.45) is -0.291. The smallest absolute Gasteiger partial charge is 0.303 e. The third kappa shape index (κ3) is 19.6. The van der Waals surface area contributed by atoms with Gasteiger partial charge in [-0.1, -0.05) is 0 Å². The number of alkyl halides is 2. The van der Waals surface area contributed by atoms with Crippen molar-refractivity contribution in [1.82, 2.24) is 56.9 Å². The summed E-state index contributed by atoms with van der Waals surface area (Å²) in [5.41, 5.74) is 1.49. The fourth-order valence-corrected chi connectivity index (χ4v) is 8.70. The van der Waals surface area contributed by atoms with E-state index >= 15 is 0 Å². The van der Waals surface area contributed by atoms with E-state index in [2.05, 4.69) is 72.4 Å². The number of carbonyl (C=O) groups excluding carboxylic acids is 9. The molecule has 26 nitrogen and oxygen atoms in total. The molecule has 30 heteroatoms. The van der Waals surface area contributed by atoms with Crippen molar-refractivity contribution < 1.29 is 71.7 Å². The number of thiol groups is 2. The predicted octanol–water partition coefficient (Wildman–Crippen LogP) is -2.52. The van der Waals surface area contributed by atoms with Gasteiger partial charge in [-0.3, -0.25) is 62.6 Å². The minimum absolute atomic E-state index is 0.213. The molecule has 3 heterocycles. The highest BCUT2D eigenvalue weighted by atomic mass is 32.1. The van der Waals surface area contributed by atoms with E-state index in [-0.39, 0.29) is 29.9 Å². The Bertz CT molecular complexity index is 2570. The summed E-state index contributed by atoms with van der Waals surface area (Å²) >= 11 is 8.14. The first-order valence-electron chi connectivity index (χ1n) is 24.3. The van der Waals surface area contributed by atoms with Crippen LogP contribution >= 0.6 is 25.3 Å². The lowest BCUT2D eigenvalue weighted by Crippen LogP contribution is -2.57. The highest BCUT2D eigenvalue weighted by Crippen LogP contribution is 2.31. The number of hydrogen-bond donors (Lipinski definition) is 11. The first kappa shape index (κ1) is 62.2. The van der Waals surface area contributed by atoms with Crippen LogP contribution in [0.15, 0.2) is 30.5 Å². The number of carboxylic acid groups (broad SMARTS) is 2. The molecule has 2 aromatic rings. The van der Waals surface area contributed by atoms with Gasteiger partial charge in [-0.25, -0.2) is 8.78 Å². The van der Waals surface area contributed by atoms with E-state index in [1.807, 2.05) is 18.0 Å². The van der Waals surface area contributed by atoms with Gasteiger partial charge in [0.2, 0.25) is 47.3 Å². The number of aliphatic carboxylic acids is 2. The van der Waals surface area contributed by atoms with Crippen molar-refractivity contribution in [2.45, 2.75) is 81.6 Å². The van der Waals surface area contributed by atoms with E-state index in [1.54, 1.807) is 23.1 Å². The van der Waals surface area contributed by atoms with E-state index < -0.39 is 147 Å². The lowest BCUT2D eigenvalue weighted by Gasteiger charge is -2.35. The number of fused-ring (bicyclic) bond motifs is 1. The summed E-state index contributed by atoms with van der Waals surface area (Å²) in [5.74, 6) is -13.2. The molecule has 1 aromatic carbocycles. The van der Waals surface area contributed by atoms with Gasteiger partial charge in [0, 0.05) is 94.7 Å². The number of nitrogens with zero attached hydrogens (tertiary/aromatic N) is 6. The van der Waals surface area contributed by atoms with Gasteiger partial charge in [0.1, 0.15) is 30.2 Å². The number of hydrogen-bond acceptors (Lipinski definition) is 17. The highest BCUT2D eigenvalue weighted by molar-refractivity contribution is 7.80. The van der Waals surface area contributed by atoms with Crippen molar-refractivity contribution in [1.29, 1.82) is 5.26 Å². The van der Waals surface area contributed by atoms with E-state index in [0.717, 1.165) is 17.5 Å². The number of pyridine rings is 1. The molecule has 2 aliphatic heterocycles. The molecule has 5 atom stereocenters. The summed E-state index contributed by atoms with van der Waals surface area (Å²) in [7, 11) is 1.87. The predicted molar refractivity (Wildman–Crippen MR) is 277 cm³/mol. The molecule has 0 unspecified atom stereocenters. The van der Waals surface area contributed by atoms with Crippen molar-refractivity contribution in [2.75, 3.05) is 88.9 Å². The first-order valence-corrected chi connectivity index (χ1v) is 25.5. The molecular formula is C47H63F2N13O13S2. The number of nitriles is 1. The number of carboxylic acids is 2. The quantitative estimate of drug-likeness (QED) is 0.0392. The molecule has 0 saturated carbocycles. The van der Waals surface area contributed by atoms with E-state index in [0.29, 0.717) is 56.6 Å². The van der Waals surface area contributed by atoms with Crippen molar-refractivity contribution in [3.63, 3.8) is 0 Å². The van der Waals surface area contributed by atoms with E-state index in [4.69, 9.17) is 5.11 Å². The standard InChI is InChI=1S/C47H63F2N13O13S2/c1-27(63)55-34(7-9-41(69)70)45(74)58-35(24-76)44(73)52-21-37(64)56-36(25-77)46(75)57-33(6-8-40(67)68)43(72)54-22-38(65)61-16-14-60(15-17-61)13-3-12-59(2)28-4-5-32-31(18-28)30(10-11-51-32)42(71)53-23-39(66)62-26-47(48,49)19-29(62)20-50/h4-5,10-11,18,29,33-36,76-77H,3,6-9,12-17,19,21-26H2,1-2H3,(H,52,73)(H,53,71)(H,54,72)(H,55,63)(H,56,64)(H,57,75)(H,58,74)(H,67,68)(H,69,70)/t29-,33-,34-,35-,36-/m0/s1. The molecule has 2 aliphatic rings. The second-order valence-electron chi connectivity index (χ2n) is 18.1. The maximum absolute atomic E-state index is 13.9. The second-order valence-corrected chi connectivity index (χ2v) is 18.9. The summed E-state index contributed by atoms with van der Waals surface area (Å²) in [6.45, 7) is 1.43. The molecule has 1 aromatic heterocycles. The van der Waals surface area contributed by atoms with Gasteiger partial charge in [0.25, 0.3) is 11.8 Å². The number of aromatic nitrogens is 1. The minimum Gasteiger partial charge on any atom is -0.481 e. The zero-order valence-electron chi connectivity index (χ0n) is 42.2. The van der Waals surface area contributed by atoms with Crippen molar-refractivity contribution in [3.05, 3.63) is 36.0 Å². The molecule has 4 rings (SSSR count). The first-order chi connectivity index (χ1) is 36.4. The van der Waals surface area contributed by atoms with Gasteiger partial charge in [0.15, 0.2) is 0 Å². The summed E-state index contributed by atoms with van der Waals surface area (Å²) in [5, 5.41) is 44.6. The van der Waals surface area contributed by atoms with Crippen molar-refractivity contribution in [2.24, 2.45) is 0 Å². The number of halogens is 2. The monoisotopic (exact) mass is 1120 g/mol. The molecule has 2 fully saturated rings. The Labute approximate surface area is 451 Å². The zero-order chi connectivity index (χ0) is 57.0. The number of benzene rings is 1. The van der Waals surface area contributed by atoms with Crippen LogP contribution in [0.3, 0.4) is 0 Å². The number of anilines is 1. The summed E-state index contributed by atoms with van der Waals surface area (Å²) in [6, 6.07) is 1.81. The third-order valence-corrected chi connectivity index (χ3v) is 13.1. The Morgan fingerprint density at radius 2 is 1.35 bits per heavy atom. The van der Waals surface area contributed by atoms with Crippen molar-refractivity contribution in [3.8, 4) is 6.07 Å². The van der Waals surface area contributed by atoms with Gasteiger partial charge in [-0.05, 0) is 50.1 Å². The van der Waals surface area contributed by atoms with Crippen LogP contribution in [0.1, 0.15) is 55.8 Å². The van der Waals surface area contributed by atoms with Crippen LogP contribution in [0.25, 0.3) is 10.9 Å². The van der Waals surface area contributed by atoms with Crippen LogP contribution in [-0.4, -0.2) is 215 Å². The number of amides is 9. The Hall–Kier alpha value is -7.39. The molecule has 0 radical (unpaired) electrons. The third-order valence-electron chi connectivity index (χ3n) is 12.4. The molecule has 9 amide bonds. The summed E-state index contributed by atoms with van der Waals surface area (Å²) in [4.78, 5) is 149. The molecule has 0 spiro atoms. The molecule has 2 saturated heterocycles. The summed E-state index contributed by atoms with van der Waals surface area (Å²) < 4.78 is 27.8. The minimum atomic E-state index is -3.19. The van der Waals surface area contributed by atoms with Gasteiger partial charge >= 0.3 is 11.9 Å². The number of likely N-dealkylation sites (tertiary alicyclic amines) is 1. The van der Waals surface area contributed by atoms with Crippen LogP contribution in [0, 0.1) is 11.3 Å². The Kier molecular flexibility index (Phi) is 24.0. The van der Waals surface area contributed by atoms with Gasteiger partial charge in [-0.2, -0.15) is 30.5 Å². The number of rotatable bonds is 28. The zero-order valence-corrected chi connectivity index (χ0v) is 44.0. The van der Waals surface area contributed by atoms with Crippen LogP contribution in [-0.2, 0) is 47.9 Å². The fraction of sp³-hybridized carbons (Fsp3) is 0.553. The van der Waals surface area contributed by atoms with E-state index in [9.17, 15) is 71.9 Å². The van der Waals surface area contributed by atoms with Gasteiger partial charge in [0.05, 0.1) is 43.3 Å². The average molecular weight is 1120 g/mol. The normalized spacial score (nSPS) is 16.6.